The van der Waals surface area contributed by atoms with E-state index in [0.717, 1.165) is 19.3 Å². The molecule has 0 bridgehead atoms. The van der Waals surface area contributed by atoms with Crippen molar-refractivity contribution in [3.8, 4) is 0 Å². The predicted octanol–water partition coefficient (Wildman–Crippen LogP) is 7.21. The quantitative estimate of drug-likeness (QED) is 0.219. The van der Waals surface area contributed by atoms with E-state index in [4.69, 9.17) is 54.2 Å². The van der Waals surface area contributed by atoms with E-state index in [0.29, 0.717) is 53.8 Å². The molecule has 0 radical (unpaired) electrons. The number of carbonyl (C=O) groups is 3. The molecule has 5 fully saturated rings. The third kappa shape index (κ3) is 9.41. The molecular weight excluding hydrogens is 842 g/mol. The average molecular weight is 913 g/mol. The molecule has 8 rings (SSSR count). The van der Waals surface area contributed by atoms with Crippen LogP contribution in [-0.4, -0.2) is 132 Å². The Balaban J connectivity index is 1.14. The maximum absolute atomic E-state index is 15.2. The third-order valence-corrected chi connectivity index (χ3v) is 16.1. The first-order chi connectivity index (χ1) is 30.7. The van der Waals surface area contributed by atoms with Gasteiger partial charge in [0, 0.05) is 56.1 Å². The van der Waals surface area contributed by atoms with Gasteiger partial charge in [0.1, 0.15) is 30.5 Å². The number of fused-ring (bicyclic) bond motifs is 8. The van der Waals surface area contributed by atoms with Crippen LogP contribution in [0.5, 0.6) is 0 Å². The lowest BCUT2D eigenvalue weighted by Gasteiger charge is -2.49. The molecule has 19 atom stereocenters. The van der Waals surface area contributed by atoms with Gasteiger partial charge >= 0.3 is 11.9 Å². The van der Waals surface area contributed by atoms with E-state index < -0.39 is 54.8 Å². The van der Waals surface area contributed by atoms with Crippen LogP contribution in [0.2, 0.25) is 5.02 Å². The number of benzene rings is 1. The molecule has 3 aliphatic carbocycles. The van der Waals surface area contributed by atoms with Crippen molar-refractivity contribution in [2.45, 2.75) is 159 Å². The Morgan fingerprint density at radius 3 is 2.22 bits per heavy atom. The molecule has 6 unspecified atom stereocenters. The minimum absolute atomic E-state index is 0.00794. The molecule has 2 saturated carbocycles. The van der Waals surface area contributed by atoms with E-state index in [1.54, 1.807) is 33.5 Å². The van der Waals surface area contributed by atoms with Gasteiger partial charge in [-0.3, -0.25) is 9.59 Å². The molecular formula is C50H70ClNO12. The van der Waals surface area contributed by atoms with E-state index >= 15 is 4.79 Å². The molecule has 14 heteroatoms. The van der Waals surface area contributed by atoms with Gasteiger partial charge in [-0.05, 0) is 120 Å². The molecule has 4 heterocycles. The summed E-state index contributed by atoms with van der Waals surface area (Å²) in [7, 11) is 9.04. The van der Waals surface area contributed by atoms with Crippen LogP contribution in [0.4, 0.5) is 0 Å². The summed E-state index contributed by atoms with van der Waals surface area (Å²) in [5.74, 6) is -2.57. The largest absolute Gasteiger partial charge is 0.462 e. The maximum Gasteiger partial charge on any atom is 0.338 e. The van der Waals surface area contributed by atoms with Gasteiger partial charge in [-0.2, -0.15) is 0 Å². The number of ketones is 1. The molecule has 7 aliphatic rings. The number of rotatable bonds is 10. The Bertz CT molecular complexity index is 1910. The molecule has 1 aromatic carbocycles. The molecule has 4 aliphatic heterocycles. The van der Waals surface area contributed by atoms with Gasteiger partial charge in [0.05, 0.1) is 36.4 Å². The van der Waals surface area contributed by atoms with E-state index in [9.17, 15) is 9.59 Å². The maximum atomic E-state index is 15.2. The Morgan fingerprint density at radius 2 is 1.55 bits per heavy atom. The zero-order chi connectivity index (χ0) is 45.6. The third-order valence-electron chi connectivity index (χ3n) is 15.9. The van der Waals surface area contributed by atoms with Crippen LogP contribution in [0, 0.1) is 41.4 Å². The minimum atomic E-state index is -0.725. The van der Waals surface area contributed by atoms with E-state index in [-0.39, 0.29) is 84.3 Å². The van der Waals surface area contributed by atoms with Crippen LogP contribution in [-0.2, 0) is 57.0 Å². The first-order valence-corrected chi connectivity index (χ1v) is 24.1. The van der Waals surface area contributed by atoms with Crippen LogP contribution in [0.25, 0.3) is 5.57 Å². The summed E-state index contributed by atoms with van der Waals surface area (Å²) in [6.07, 6.45) is 5.56. The van der Waals surface area contributed by atoms with Crippen molar-refractivity contribution in [1.29, 1.82) is 0 Å². The molecule has 64 heavy (non-hydrogen) atoms. The van der Waals surface area contributed by atoms with Crippen molar-refractivity contribution in [3.63, 3.8) is 0 Å². The summed E-state index contributed by atoms with van der Waals surface area (Å²) in [5, 5.41) is 0.516. The van der Waals surface area contributed by atoms with Crippen molar-refractivity contribution < 1.29 is 57.0 Å². The monoisotopic (exact) mass is 911 g/mol. The minimum Gasteiger partial charge on any atom is -0.462 e. The number of hydrogen-bond donors (Lipinski definition) is 0. The fourth-order valence-electron chi connectivity index (χ4n) is 12.7. The molecule has 354 valence electrons. The summed E-state index contributed by atoms with van der Waals surface area (Å²) in [5.41, 5.74) is 1.74. The summed E-state index contributed by atoms with van der Waals surface area (Å²) in [6.45, 7) is 8.03. The fraction of sp³-hybridized carbons (Fsp3) is 0.740. The number of cyclic esters (lactones) is 1. The molecule has 0 amide bonds. The fourth-order valence-corrected chi connectivity index (χ4v) is 12.9. The lowest BCUT2D eigenvalue weighted by Crippen LogP contribution is -2.59. The number of esters is 2. The second kappa shape index (κ2) is 20.2. The van der Waals surface area contributed by atoms with Crippen molar-refractivity contribution in [1.82, 2.24) is 4.90 Å². The number of allylic oxidation sites excluding steroid dienone is 2. The standard InChI is InChI=1S/C50H70ClNO12/c1-10-30-15-12-16-40(63-42-18-17-39(52(5)6)26(3)59-42)25(2)44(54)37-23-35-33-20-31(62-50-48(58-9)47(57-8)45(56-7)27(4)60-50)21-34(33)38-22-32(28-13-11-14-29(51)19-28)49(55)64-46(38)43(35)36(37)24-41(53)61-30/h11,13-14,19,22-23,25-27,30-31,33-36,38-40,42-43,45-48,50H,10,12,15-18,20-21,24H2,1-9H3/t25-,26?,27?,30+,31+,33-,34-,35+,36-,38?,39+,40+,42+,43-,45+,46?,47?,48?,50+/m1/s1. The van der Waals surface area contributed by atoms with Crippen molar-refractivity contribution >= 4 is 34.9 Å². The van der Waals surface area contributed by atoms with Crippen LogP contribution in [0.1, 0.15) is 91.0 Å². The topological polar surface area (TPSA) is 138 Å². The number of nitrogens with zero attached hydrogens (tertiary/aromatic N) is 1. The number of carbonyl (C=O) groups excluding carboxylic acids is 3. The van der Waals surface area contributed by atoms with Gasteiger partial charge in [0.25, 0.3) is 0 Å². The Hall–Kier alpha value is -2.72. The average Bonchev–Trinajstić information content (AvgIpc) is 3.86. The molecule has 3 saturated heterocycles. The highest BCUT2D eigenvalue weighted by Crippen LogP contribution is 2.61. The number of hydrogen-bond acceptors (Lipinski definition) is 13. The molecule has 1 aromatic rings. The van der Waals surface area contributed by atoms with Gasteiger partial charge in [-0.1, -0.05) is 49.7 Å². The van der Waals surface area contributed by atoms with Crippen LogP contribution in [0.3, 0.4) is 0 Å². The zero-order valence-corrected chi connectivity index (χ0v) is 39.8. The summed E-state index contributed by atoms with van der Waals surface area (Å²) >= 11 is 6.46. The molecule has 0 aromatic heterocycles. The van der Waals surface area contributed by atoms with Gasteiger partial charge in [0.15, 0.2) is 18.4 Å². The number of Topliss-reactive ketones (excluding diaryl/α,β-unsaturated/α-hetero) is 1. The van der Waals surface area contributed by atoms with Gasteiger partial charge in [0.2, 0.25) is 0 Å². The number of methoxy groups -OCH3 is 3. The highest BCUT2D eigenvalue weighted by molar-refractivity contribution is 6.31. The molecule has 0 N–H and O–H groups in total. The van der Waals surface area contributed by atoms with E-state index in [1.807, 2.05) is 32.9 Å². The van der Waals surface area contributed by atoms with Crippen molar-refractivity contribution in [2.24, 2.45) is 41.4 Å². The van der Waals surface area contributed by atoms with Crippen molar-refractivity contribution in [2.75, 3.05) is 35.4 Å². The van der Waals surface area contributed by atoms with Gasteiger partial charge in [-0.25, -0.2) is 4.79 Å². The number of ether oxygens (including phenoxy) is 9. The highest BCUT2D eigenvalue weighted by atomic mass is 35.5. The van der Waals surface area contributed by atoms with Crippen LogP contribution >= 0.6 is 11.6 Å². The SMILES string of the molecule is CC[C@H]1CCC[C@H](O[C@H]2CC[C@H](N(C)C)C(C)O2)[C@@H](C)C(=O)C2=C[C@H]3[C@@H]4C[C@H](O[C@@H]5OC(C)[C@H](OC)C(OC)C5OC)C[C@H]4C4C=C(c5cccc(Cl)c5)C(=O)OC4[C@H]3[C@@H]2CC(=O)O1. The Labute approximate surface area is 384 Å². The highest BCUT2D eigenvalue weighted by Gasteiger charge is 2.62. The molecule has 13 nitrogen and oxygen atoms in total. The first kappa shape index (κ1) is 47.8. The lowest BCUT2D eigenvalue weighted by atomic mass is 9.59. The smallest absolute Gasteiger partial charge is 0.338 e. The Morgan fingerprint density at radius 1 is 0.812 bits per heavy atom. The van der Waals surface area contributed by atoms with Gasteiger partial charge in [-0.15, -0.1) is 0 Å². The van der Waals surface area contributed by atoms with Crippen LogP contribution < -0.4 is 0 Å². The predicted molar refractivity (Wildman–Crippen MR) is 238 cm³/mol. The summed E-state index contributed by atoms with van der Waals surface area (Å²) in [4.78, 5) is 45.7. The van der Waals surface area contributed by atoms with Crippen LogP contribution in [0.15, 0.2) is 42.0 Å². The number of likely N-dealkylation sites (N-methyl/N-ethyl adjacent to an activating group) is 1. The Kier molecular flexibility index (Phi) is 15.1. The zero-order valence-electron chi connectivity index (χ0n) is 39.0. The van der Waals surface area contributed by atoms with E-state index in [1.165, 1.54) is 0 Å². The summed E-state index contributed by atoms with van der Waals surface area (Å²) < 4.78 is 57.1. The van der Waals surface area contributed by atoms with Crippen molar-refractivity contribution in [3.05, 3.63) is 52.6 Å². The molecule has 0 spiro atoms. The lowest BCUT2D eigenvalue weighted by molar-refractivity contribution is -0.314. The summed E-state index contributed by atoms with van der Waals surface area (Å²) in [6, 6.07) is 7.54. The normalized spacial score (nSPS) is 42.8. The second-order valence-corrected chi connectivity index (χ2v) is 20.1. The first-order valence-electron chi connectivity index (χ1n) is 23.8. The van der Waals surface area contributed by atoms with Gasteiger partial charge < -0.3 is 47.5 Å². The van der Waals surface area contributed by atoms with E-state index in [2.05, 4.69) is 38.1 Å². The number of halogens is 1. The second-order valence-electron chi connectivity index (χ2n) is 19.7.